The Kier molecular flexibility index (Phi) is 6.20. The fraction of sp³-hybridized carbons (Fsp3) is 0.500. The minimum atomic E-state index is -0.108. The monoisotopic (exact) mass is 479 g/mol. The Hall–Kier alpha value is -2.71. The first-order chi connectivity index (χ1) is 16.4. The normalized spacial score (nSPS) is 22.2. The molecule has 2 aliphatic rings. The summed E-state index contributed by atoms with van der Waals surface area (Å²) in [6.45, 7) is 8.08. The highest BCUT2D eigenvalue weighted by Crippen LogP contribution is 2.35. The second-order valence-corrected chi connectivity index (χ2v) is 10.6. The number of nitrogen functional groups attached to an aromatic ring is 1. The molecule has 3 N–H and O–H groups in total. The summed E-state index contributed by atoms with van der Waals surface area (Å²) >= 11 is 1.38. The Morgan fingerprint density at radius 2 is 2.12 bits per heavy atom. The molecule has 1 aliphatic heterocycles. The highest BCUT2D eigenvalue weighted by atomic mass is 32.1. The highest BCUT2D eigenvalue weighted by Gasteiger charge is 2.33. The second kappa shape index (κ2) is 9.15. The first-order valence-electron chi connectivity index (χ1n) is 12.1. The van der Waals surface area contributed by atoms with Gasteiger partial charge in [-0.25, -0.2) is 9.97 Å². The quantitative estimate of drug-likeness (QED) is 0.574. The molecule has 0 spiro atoms. The Morgan fingerprint density at radius 3 is 2.85 bits per heavy atom. The van der Waals surface area contributed by atoms with Crippen LogP contribution in [0.1, 0.15) is 52.0 Å². The Morgan fingerprint density at radius 1 is 1.29 bits per heavy atom. The van der Waals surface area contributed by atoms with Gasteiger partial charge in [-0.1, -0.05) is 13.0 Å². The molecular formula is C26H33N5O2S. The van der Waals surface area contributed by atoms with E-state index in [-0.39, 0.29) is 18.1 Å². The van der Waals surface area contributed by atoms with E-state index in [0.717, 1.165) is 71.8 Å². The number of hydrogen-bond donors (Lipinski definition) is 2. The van der Waals surface area contributed by atoms with E-state index in [4.69, 9.17) is 15.5 Å². The number of carbonyl (C=O) groups excluding carboxylic acids is 1. The predicted octanol–water partition coefficient (Wildman–Crippen LogP) is 4.04. The van der Waals surface area contributed by atoms with E-state index in [9.17, 15) is 4.79 Å². The Labute approximate surface area is 204 Å². The molecule has 1 aliphatic carbocycles. The summed E-state index contributed by atoms with van der Waals surface area (Å²) in [5, 5.41) is 4.12. The number of anilines is 2. The van der Waals surface area contributed by atoms with Crippen LogP contribution in [0, 0.1) is 19.8 Å². The summed E-state index contributed by atoms with van der Waals surface area (Å²) in [4.78, 5) is 26.4. The standard InChI is InChI=1S/C26H33N5O2S/c1-5-16-12-31(13-20(16)33-4)21-9-6-17-11-18(7-8-19(17)30-21)29-25(32)24-23(27)22-14(2)10-15(3)28-26(22)34-24/h6,9-10,16,18,20H,5,7-8,11-13,27H2,1-4H3,(H,29,32)/t16-,18-,20-/m0/s1. The van der Waals surface area contributed by atoms with Crippen LogP contribution in [0.4, 0.5) is 11.5 Å². The van der Waals surface area contributed by atoms with Crippen molar-refractivity contribution in [1.82, 2.24) is 15.3 Å². The van der Waals surface area contributed by atoms with Crippen molar-refractivity contribution in [3.8, 4) is 0 Å². The molecule has 180 valence electrons. The van der Waals surface area contributed by atoms with Crippen molar-refractivity contribution in [1.29, 1.82) is 0 Å². The minimum Gasteiger partial charge on any atom is -0.397 e. The first-order valence-corrected chi connectivity index (χ1v) is 12.9. The fourth-order valence-corrected chi connectivity index (χ4v) is 6.59. The number of fused-ring (bicyclic) bond motifs is 2. The van der Waals surface area contributed by atoms with Crippen molar-refractivity contribution in [3.63, 3.8) is 0 Å². The number of aryl methyl sites for hydroxylation is 3. The second-order valence-electron chi connectivity index (χ2n) is 9.64. The molecule has 5 rings (SSSR count). The molecule has 0 saturated carbocycles. The number of aromatic nitrogens is 2. The van der Waals surface area contributed by atoms with E-state index in [1.165, 1.54) is 16.9 Å². The lowest BCUT2D eigenvalue weighted by Crippen LogP contribution is -2.39. The molecule has 34 heavy (non-hydrogen) atoms. The molecule has 7 nitrogen and oxygen atoms in total. The molecule has 1 amide bonds. The van der Waals surface area contributed by atoms with E-state index in [1.807, 2.05) is 19.9 Å². The van der Waals surface area contributed by atoms with Crippen molar-refractivity contribution in [3.05, 3.63) is 45.6 Å². The average molecular weight is 480 g/mol. The number of thiophene rings is 1. The molecular weight excluding hydrogens is 446 g/mol. The van der Waals surface area contributed by atoms with Crippen LogP contribution in [0.25, 0.3) is 10.2 Å². The SMILES string of the molecule is CC[C@H]1CN(c2ccc3c(n2)CC[C@H](NC(=O)c2sc4nc(C)cc(C)c4c2N)C3)C[C@@H]1OC. The van der Waals surface area contributed by atoms with Crippen molar-refractivity contribution < 1.29 is 9.53 Å². The van der Waals surface area contributed by atoms with Gasteiger partial charge in [0.05, 0.1) is 11.8 Å². The number of nitrogens with two attached hydrogens (primary N) is 1. The van der Waals surface area contributed by atoms with Crippen LogP contribution in [0.3, 0.4) is 0 Å². The molecule has 0 radical (unpaired) electrons. The largest absolute Gasteiger partial charge is 0.397 e. The lowest BCUT2D eigenvalue weighted by Gasteiger charge is -2.26. The summed E-state index contributed by atoms with van der Waals surface area (Å²) in [6, 6.07) is 6.38. The zero-order valence-electron chi connectivity index (χ0n) is 20.4. The van der Waals surface area contributed by atoms with Gasteiger partial charge in [0.25, 0.3) is 5.91 Å². The number of nitrogens with one attached hydrogen (secondary N) is 1. The summed E-state index contributed by atoms with van der Waals surface area (Å²) < 4.78 is 5.68. The van der Waals surface area contributed by atoms with Gasteiger partial charge in [0.15, 0.2) is 0 Å². The number of hydrogen-bond acceptors (Lipinski definition) is 7. The number of methoxy groups -OCH3 is 1. The number of nitrogens with zero attached hydrogens (tertiary/aromatic N) is 3. The van der Waals surface area contributed by atoms with Crippen LogP contribution < -0.4 is 16.0 Å². The van der Waals surface area contributed by atoms with Gasteiger partial charge in [-0.15, -0.1) is 11.3 Å². The summed E-state index contributed by atoms with van der Waals surface area (Å²) in [5.74, 6) is 1.48. The van der Waals surface area contributed by atoms with Crippen molar-refractivity contribution in [2.75, 3.05) is 30.8 Å². The van der Waals surface area contributed by atoms with Crippen LogP contribution in [0.2, 0.25) is 0 Å². The van der Waals surface area contributed by atoms with Gasteiger partial charge in [-0.05, 0) is 62.8 Å². The molecule has 0 bridgehead atoms. The van der Waals surface area contributed by atoms with Gasteiger partial charge in [-0.3, -0.25) is 4.79 Å². The summed E-state index contributed by atoms with van der Waals surface area (Å²) in [7, 11) is 1.80. The third-order valence-electron chi connectivity index (χ3n) is 7.35. The molecule has 0 unspecified atom stereocenters. The van der Waals surface area contributed by atoms with Gasteiger partial charge in [0, 0.05) is 48.9 Å². The van der Waals surface area contributed by atoms with E-state index < -0.39 is 0 Å². The molecule has 3 aromatic heterocycles. The Balaban J connectivity index is 1.28. The molecule has 4 heterocycles. The van der Waals surface area contributed by atoms with Crippen molar-refractivity contribution in [2.45, 2.75) is 58.6 Å². The maximum Gasteiger partial charge on any atom is 0.263 e. The number of amides is 1. The zero-order chi connectivity index (χ0) is 24.0. The third-order valence-corrected chi connectivity index (χ3v) is 8.45. The van der Waals surface area contributed by atoms with E-state index in [1.54, 1.807) is 7.11 Å². The third kappa shape index (κ3) is 4.14. The minimum absolute atomic E-state index is 0.0715. The van der Waals surface area contributed by atoms with Crippen LogP contribution in [-0.4, -0.2) is 48.2 Å². The van der Waals surface area contributed by atoms with Crippen LogP contribution in [0.15, 0.2) is 18.2 Å². The highest BCUT2D eigenvalue weighted by molar-refractivity contribution is 7.21. The molecule has 8 heteroatoms. The molecule has 0 aromatic carbocycles. The van der Waals surface area contributed by atoms with E-state index in [2.05, 4.69) is 34.3 Å². The smallest absolute Gasteiger partial charge is 0.263 e. The van der Waals surface area contributed by atoms with E-state index >= 15 is 0 Å². The fourth-order valence-electron chi connectivity index (χ4n) is 5.48. The predicted molar refractivity (Wildman–Crippen MR) is 138 cm³/mol. The lowest BCUT2D eigenvalue weighted by molar-refractivity contribution is 0.0824. The van der Waals surface area contributed by atoms with Gasteiger partial charge in [0.1, 0.15) is 15.5 Å². The van der Waals surface area contributed by atoms with Crippen molar-refractivity contribution in [2.24, 2.45) is 5.92 Å². The van der Waals surface area contributed by atoms with Crippen LogP contribution in [-0.2, 0) is 17.6 Å². The zero-order valence-corrected chi connectivity index (χ0v) is 21.2. The first kappa shape index (κ1) is 23.1. The lowest BCUT2D eigenvalue weighted by atomic mass is 9.91. The number of pyridine rings is 2. The molecule has 3 aromatic rings. The maximum atomic E-state index is 13.1. The number of ether oxygens (including phenoxy) is 1. The number of carbonyl (C=O) groups is 1. The molecule has 1 saturated heterocycles. The topological polar surface area (TPSA) is 93.4 Å². The van der Waals surface area contributed by atoms with Gasteiger partial charge < -0.3 is 20.7 Å². The van der Waals surface area contributed by atoms with Gasteiger partial charge >= 0.3 is 0 Å². The number of rotatable bonds is 5. The molecule has 3 atom stereocenters. The van der Waals surface area contributed by atoms with Gasteiger partial charge in [-0.2, -0.15) is 0 Å². The molecule has 1 fully saturated rings. The maximum absolute atomic E-state index is 13.1. The average Bonchev–Trinajstić information content (AvgIpc) is 3.39. The van der Waals surface area contributed by atoms with Crippen LogP contribution in [0.5, 0.6) is 0 Å². The Bertz CT molecular complexity index is 1230. The summed E-state index contributed by atoms with van der Waals surface area (Å²) in [5.41, 5.74) is 11.3. The van der Waals surface area contributed by atoms with E-state index in [0.29, 0.717) is 16.5 Å². The van der Waals surface area contributed by atoms with Crippen LogP contribution >= 0.6 is 11.3 Å². The summed E-state index contributed by atoms with van der Waals surface area (Å²) in [6.07, 6.45) is 3.89. The van der Waals surface area contributed by atoms with Gasteiger partial charge in [0.2, 0.25) is 0 Å². The van der Waals surface area contributed by atoms with Crippen molar-refractivity contribution >= 4 is 39.0 Å².